The van der Waals surface area contributed by atoms with Crippen LogP contribution in [0.2, 0.25) is 0 Å². The topological polar surface area (TPSA) is 131 Å². The highest BCUT2D eigenvalue weighted by Crippen LogP contribution is 2.31. The number of para-hydroxylation sites is 1. The molecule has 1 aliphatic heterocycles. The molecule has 0 bridgehead atoms. The normalized spacial score (nSPS) is 15.1. The Labute approximate surface area is 187 Å². The SMILES string of the molecule is CN(C)C(=O)CCC(=O)OCOC(=O)c1cccc2c1OB(O)[C@@H](NC(=O)CC(F)(F)F)C2. The van der Waals surface area contributed by atoms with Crippen LogP contribution in [0.3, 0.4) is 0 Å². The first-order chi connectivity index (χ1) is 15.4. The van der Waals surface area contributed by atoms with Gasteiger partial charge in [-0.15, -0.1) is 0 Å². The van der Waals surface area contributed by atoms with Gasteiger partial charge in [0.1, 0.15) is 17.7 Å². The van der Waals surface area contributed by atoms with E-state index in [-0.39, 0.29) is 36.5 Å². The van der Waals surface area contributed by atoms with Gasteiger partial charge in [-0.25, -0.2) is 4.79 Å². The smallest absolute Gasteiger partial charge is 0.534 e. The Hall–Kier alpha value is -3.29. The van der Waals surface area contributed by atoms with Crippen molar-refractivity contribution in [3.8, 4) is 5.75 Å². The third kappa shape index (κ3) is 7.97. The van der Waals surface area contributed by atoms with Crippen LogP contribution in [0.15, 0.2) is 18.2 Å². The molecule has 10 nitrogen and oxygen atoms in total. The average molecular weight is 474 g/mol. The number of carbonyl (C=O) groups excluding carboxylic acids is 4. The molecule has 1 heterocycles. The van der Waals surface area contributed by atoms with Gasteiger partial charge in [0.05, 0.1) is 12.4 Å². The lowest BCUT2D eigenvalue weighted by atomic mass is 9.72. The number of halogens is 3. The Morgan fingerprint density at radius 3 is 2.55 bits per heavy atom. The molecule has 2 rings (SSSR count). The number of nitrogens with zero attached hydrogens (tertiary/aromatic N) is 1. The van der Waals surface area contributed by atoms with Crippen molar-refractivity contribution in [2.24, 2.45) is 0 Å². The summed E-state index contributed by atoms with van der Waals surface area (Å²) in [5.74, 6) is -4.54. The highest BCUT2D eigenvalue weighted by Gasteiger charge is 2.40. The minimum absolute atomic E-state index is 0.0702. The lowest BCUT2D eigenvalue weighted by Crippen LogP contribution is -2.53. The maximum absolute atomic E-state index is 12.3. The van der Waals surface area contributed by atoms with Gasteiger partial charge in [-0.3, -0.25) is 14.4 Å². The lowest BCUT2D eigenvalue weighted by Gasteiger charge is -2.29. The van der Waals surface area contributed by atoms with Gasteiger partial charge in [0.15, 0.2) is 0 Å². The quantitative estimate of drug-likeness (QED) is 0.318. The molecule has 2 amide bonds. The summed E-state index contributed by atoms with van der Waals surface area (Å²) in [6, 6.07) is 4.26. The summed E-state index contributed by atoms with van der Waals surface area (Å²) < 4.78 is 51.9. The average Bonchev–Trinajstić information content (AvgIpc) is 2.70. The van der Waals surface area contributed by atoms with Crippen LogP contribution < -0.4 is 9.97 Å². The van der Waals surface area contributed by atoms with E-state index in [2.05, 4.69) is 5.32 Å². The Kier molecular flexibility index (Phi) is 8.68. The number of benzene rings is 1. The second-order valence-electron chi connectivity index (χ2n) is 7.33. The third-order valence-corrected chi connectivity index (χ3v) is 4.50. The molecule has 14 heteroatoms. The number of rotatable bonds is 8. The molecule has 0 saturated carbocycles. The molecule has 0 aromatic heterocycles. The van der Waals surface area contributed by atoms with Gasteiger partial charge in [0.2, 0.25) is 18.6 Å². The van der Waals surface area contributed by atoms with Crippen molar-refractivity contribution in [1.29, 1.82) is 0 Å². The second kappa shape index (κ2) is 11.0. The first kappa shape index (κ1) is 26.0. The van der Waals surface area contributed by atoms with Gasteiger partial charge in [-0.05, 0) is 18.1 Å². The fourth-order valence-corrected chi connectivity index (χ4v) is 2.88. The molecular formula is C19H22BF3N2O8. The number of alkyl halides is 3. The molecule has 1 aromatic rings. The van der Waals surface area contributed by atoms with Crippen LogP contribution in [0.4, 0.5) is 13.2 Å². The van der Waals surface area contributed by atoms with Crippen LogP contribution in [-0.4, -0.2) is 73.8 Å². The predicted octanol–water partition coefficient (Wildman–Crippen LogP) is 0.604. The van der Waals surface area contributed by atoms with Crippen LogP contribution in [0.1, 0.15) is 35.2 Å². The summed E-state index contributed by atoms with van der Waals surface area (Å²) in [4.78, 5) is 48.2. The van der Waals surface area contributed by atoms with E-state index in [0.717, 1.165) is 0 Å². The molecule has 180 valence electrons. The molecule has 0 radical (unpaired) electrons. The standard InChI is InChI=1S/C19H22BF3N2O8/c1-25(2)15(27)6-7-16(28)31-10-32-18(29)12-5-3-4-11-8-13(20(30)33-17(11)12)24-14(26)9-19(21,22)23/h3-5,13,30H,6-10H2,1-2H3,(H,24,26)/t13-/m0/s1. The number of hydrogen-bond donors (Lipinski definition) is 2. The summed E-state index contributed by atoms with van der Waals surface area (Å²) in [5.41, 5.74) is 0.219. The first-order valence-corrected chi connectivity index (χ1v) is 9.73. The number of fused-ring (bicyclic) bond motifs is 1. The van der Waals surface area contributed by atoms with Crippen LogP contribution >= 0.6 is 0 Å². The van der Waals surface area contributed by atoms with Gasteiger partial charge in [0, 0.05) is 20.5 Å². The number of amides is 2. The minimum Gasteiger partial charge on any atom is -0.534 e. The van der Waals surface area contributed by atoms with Gasteiger partial charge in [-0.2, -0.15) is 13.2 Å². The van der Waals surface area contributed by atoms with Crippen molar-refractivity contribution in [2.45, 2.75) is 37.8 Å². The molecule has 0 aliphatic carbocycles. The van der Waals surface area contributed by atoms with Crippen molar-refractivity contribution in [3.05, 3.63) is 29.3 Å². The minimum atomic E-state index is -4.70. The molecule has 1 atom stereocenters. The van der Waals surface area contributed by atoms with Crippen LogP contribution in [0.25, 0.3) is 0 Å². The molecule has 1 aliphatic rings. The lowest BCUT2D eigenvalue weighted by molar-refractivity contribution is -0.155. The summed E-state index contributed by atoms with van der Waals surface area (Å²) in [7, 11) is 1.36. The number of nitrogens with one attached hydrogen (secondary N) is 1. The van der Waals surface area contributed by atoms with E-state index in [0.29, 0.717) is 5.56 Å². The van der Waals surface area contributed by atoms with E-state index >= 15 is 0 Å². The van der Waals surface area contributed by atoms with Gasteiger partial charge in [0.25, 0.3) is 0 Å². The number of hydrogen-bond acceptors (Lipinski definition) is 8. The van der Waals surface area contributed by atoms with E-state index < -0.39 is 50.3 Å². The van der Waals surface area contributed by atoms with E-state index in [1.165, 1.54) is 37.2 Å². The Morgan fingerprint density at radius 2 is 1.91 bits per heavy atom. The van der Waals surface area contributed by atoms with E-state index in [9.17, 15) is 37.4 Å². The second-order valence-corrected chi connectivity index (χ2v) is 7.33. The summed E-state index contributed by atoms with van der Waals surface area (Å²) >= 11 is 0. The van der Waals surface area contributed by atoms with Gasteiger partial charge < -0.3 is 29.4 Å². The highest BCUT2D eigenvalue weighted by atomic mass is 19.4. The molecule has 0 unspecified atom stereocenters. The number of esters is 2. The molecule has 2 N–H and O–H groups in total. The fourth-order valence-electron chi connectivity index (χ4n) is 2.88. The zero-order chi connectivity index (χ0) is 24.8. The predicted molar refractivity (Wildman–Crippen MR) is 106 cm³/mol. The molecule has 0 spiro atoms. The van der Waals surface area contributed by atoms with Crippen molar-refractivity contribution >= 4 is 30.9 Å². The Morgan fingerprint density at radius 1 is 1.21 bits per heavy atom. The van der Waals surface area contributed by atoms with Gasteiger partial charge >= 0.3 is 25.2 Å². The largest absolute Gasteiger partial charge is 0.547 e. The van der Waals surface area contributed by atoms with E-state index in [1.807, 2.05) is 0 Å². The third-order valence-electron chi connectivity index (χ3n) is 4.50. The highest BCUT2D eigenvalue weighted by molar-refractivity contribution is 6.47. The number of ether oxygens (including phenoxy) is 2. The monoisotopic (exact) mass is 474 g/mol. The zero-order valence-electron chi connectivity index (χ0n) is 17.8. The Bertz CT molecular complexity index is 910. The van der Waals surface area contributed by atoms with Crippen LogP contribution in [0, 0.1) is 0 Å². The molecule has 0 saturated heterocycles. The molecule has 1 aromatic carbocycles. The maximum atomic E-state index is 12.3. The number of carbonyl (C=O) groups is 4. The first-order valence-electron chi connectivity index (χ1n) is 9.73. The van der Waals surface area contributed by atoms with Crippen LogP contribution in [0.5, 0.6) is 5.75 Å². The fraction of sp³-hybridized carbons (Fsp3) is 0.474. The molecule has 33 heavy (non-hydrogen) atoms. The summed E-state index contributed by atoms with van der Waals surface area (Å²) in [6.07, 6.45) is -6.79. The zero-order valence-corrected chi connectivity index (χ0v) is 17.8. The van der Waals surface area contributed by atoms with Crippen LogP contribution in [-0.2, 0) is 30.3 Å². The summed E-state index contributed by atoms with van der Waals surface area (Å²) in [6.45, 7) is -0.726. The van der Waals surface area contributed by atoms with E-state index in [4.69, 9.17) is 14.1 Å². The van der Waals surface area contributed by atoms with Crippen molar-refractivity contribution in [1.82, 2.24) is 10.2 Å². The van der Waals surface area contributed by atoms with Gasteiger partial charge in [-0.1, -0.05) is 12.1 Å². The molecule has 0 fully saturated rings. The summed E-state index contributed by atoms with van der Waals surface area (Å²) in [5, 5.41) is 12.1. The Balaban J connectivity index is 1.93. The van der Waals surface area contributed by atoms with Crippen molar-refractivity contribution in [3.63, 3.8) is 0 Å². The maximum Gasteiger partial charge on any atom is 0.547 e. The van der Waals surface area contributed by atoms with Crippen molar-refractivity contribution < 1.29 is 51.5 Å². The van der Waals surface area contributed by atoms with Crippen molar-refractivity contribution in [2.75, 3.05) is 20.9 Å². The van der Waals surface area contributed by atoms with E-state index in [1.54, 1.807) is 0 Å². The molecular weight excluding hydrogens is 452 g/mol.